The van der Waals surface area contributed by atoms with Crippen LogP contribution in [-0.2, 0) is 0 Å². The van der Waals surface area contributed by atoms with Crippen molar-refractivity contribution >= 4 is 23.4 Å². The largest absolute Gasteiger partial charge is 0.497 e. The summed E-state index contributed by atoms with van der Waals surface area (Å²) in [6.07, 6.45) is 0. The smallest absolute Gasteiger partial charge is 0.257 e. The molecule has 1 saturated heterocycles. The zero-order valence-corrected chi connectivity index (χ0v) is 21.0. The average molecular weight is 491 g/mol. The molecule has 0 saturated carbocycles. The first-order valence-electron chi connectivity index (χ1n) is 11.1. The van der Waals surface area contributed by atoms with Crippen LogP contribution in [-0.4, -0.2) is 75.7 Å². The number of hydrogen-bond donors (Lipinski definition) is 0. The Morgan fingerprint density at radius 2 is 1.50 bits per heavy atom. The molecular formula is C25H31ClN2O6. The van der Waals surface area contributed by atoms with E-state index in [-0.39, 0.29) is 11.8 Å². The minimum atomic E-state index is -0.176. The van der Waals surface area contributed by atoms with E-state index >= 15 is 0 Å². The van der Waals surface area contributed by atoms with Crippen LogP contribution in [0.25, 0.3) is 0 Å². The summed E-state index contributed by atoms with van der Waals surface area (Å²) in [6.45, 7) is 6.16. The Kier molecular flexibility index (Phi) is 8.50. The molecule has 0 aromatic heterocycles. The molecule has 184 valence electrons. The number of benzene rings is 2. The molecule has 2 aromatic carbocycles. The van der Waals surface area contributed by atoms with Gasteiger partial charge in [0.15, 0.2) is 11.5 Å². The van der Waals surface area contributed by atoms with Crippen molar-refractivity contribution in [2.24, 2.45) is 5.92 Å². The van der Waals surface area contributed by atoms with Crippen molar-refractivity contribution in [3.05, 3.63) is 46.5 Å². The van der Waals surface area contributed by atoms with Crippen molar-refractivity contribution in [3.8, 4) is 23.0 Å². The van der Waals surface area contributed by atoms with Crippen LogP contribution in [0.4, 0.5) is 0 Å². The van der Waals surface area contributed by atoms with E-state index in [2.05, 4.69) is 0 Å². The Hall–Kier alpha value is -3.13. The second-order valence-corrected chi connectivity index (χ2v) is 8.75. The number of halogens is 1. The number of nitrogens with zero attached hydrogens (tertiary/aromatic N) is 2. The van der Waals surface area contributed by atoms with E-state index in [0.29, 0.717) is 77.9 Å². The Morgan fingerprint density at radius 3 is 2.06 bits per heavy atom. The molecule has 9 heteroatoms. The number of hydrogen-bond acceptors (Lipinski definition) is 6. The normalized spacial score (nSPS) is 13.6. The third-order valence-corrected chi connectivity index (χ3v) is 5.81. The SMILES string of the molecule is COc1ccc(C(=O)N2CCN(C(=O)c3cc(Cl)c(OCC(C)C)c(OC)c3)CC2)c(OC)c1. The molecule has 8 nitrogen and oxygen atoms in total. The number of rotatable bonds is 8. The van der Waals surface area contributed by atoms with Crippen molar-refractivity contribution in [1.29, 1.82) is 0 Å². The molecular weight excluding hydrogens is 460 g/mol. The van der Waals surface area contributed by atoms with Crippen molar-refractivity contribution < 1.29 is 28.5 Å². The van der Waals surface area contributed by atoms with Gasteiger partial charge in [0.1, 0.15) is 11.5 Å². The molecule has 0 N–H and O–H groups in total. The third-order valence-electron chi connectivity index (χ3n) is 5.53. The number of piperazine rings is 1. The summed E-state index contributed by atoms with van der Waals surface area (Å²) < 4.78 is 21.8. The maximum Gasteiger partial charge on any atom is 0.257 e. The highest BCUT2D eigenvalue weighted by Crippen LogP contribution is 2.37. The molecule has 3 rings (SSSR count). The van der Waals surface area contributed by atoms with Gasteiger partial charge in [-0.1, -0.05) is 25.4 Å². The minimum Gasteiger partial charge on any atom is -0.497 e. The van der Waals surface area contributed by atoms with Crippen LogP contribution in [0.15, 0.2) is 30.3 Å². The van der Waals surface area contributed by atoms with E-state index in [9.17, 15) is 9.59 Å². The first-order chi connectivity index (χ1) is 16.3. The quantitative estimate of drug-likeness (QED) is 0.556. The van der Waals surface area contributed by atoms with Gasteiger partial charge in [-0.2, -0.15) is 0 Å². The predicted octanol–water partition coefficient (Wildman–Crippen LogP) is 4.00. The van der Waals surface area contributed by atoms with Crippen molar-refractivity contribution in [1.82, 2.24) is 9.80 Å². The zero-order valence-electron chi connectivity index (χ0n) is 20.2. The molecule has 0 unspecified atom stereocenters. The van der Waals surface area contributed by atoms with Gasteiger partial charge < -0.3 is 28.7 Å². The highest BCUT2D eigenvalue weighted by molar-refractivity contribution is 6.32. The monoisotopic (exact) mass is 490 g/mol. The molecule has 1 aliphatic rings. The van der Waals surface area contributed by atoms with Crippen LogP contribution in [0.2, 0.25) is 5.02 Å². The molecule has 34 heavy (non-hydrogen) atoms. The van der Waals surface area contributed by atoms with Crippen LogP contribution in [0.5, 0.6) is 23.0 Å². The van der Waals surface area contributed by atoms with E-state index in [4.69, 9.17) is 30.5 Å². The molecule has 2 aromatic rings. The lowest BCUT2D eigenvalue weighted by atomic mass is 10.1. The van der Waals surface area contributed by atoms with E-state index < -0.39 is 0 Å². The highest BCUT2D eigenvalue weighted by atomic mass is 35.5. The lowest BCUT2D eigenvalue weighted by molar-refractivity contribution is 0.0533. The van der Waals surface area contributed by atoms with Gasteiger partial charge in [-0.3, -0.25) is 9.59 Å². The van der Waals surface area contributed by atoms with E-state index in [0.717, 1.165) is 0 Å². The second-order valence-electron chi connectivity index (χ2n) is 8.34. The summed E-state index contributed by atoms with van der Waals surface area (Å²) in [4.78, 5) is 29.6. The molecule has 0 radical (unpaired) electrons. The number of ether oxygens (including phenoxy) is 4. The van der Waals surface area contributed by atoms with E-state index in [1.807, 2.05) is 13.8 Å². The summed E-state index contributed by atoms with van der Waals surface area (Å²) >= 11 is 6.41. The Balaban J connectivity index is 1.69. The van der Waals surface area contributed by atoms with Gasteiger partial charge in [0.2, 0.25) is 0 Å². The van der Waals surface area contributed by atoms with Crippen LogP contribution in [0.3, 0.4) is 0 Å². The van der Waals surface area contributed by atoms with Crippen LogP contribution in [0, 0.1) is 5.92 Å². The standard InChI is InChI=1S/C25H31ClN2O6/c1-16(2)15-34-23-20(26)12-17(13-22(23)33-5)24(29)27-8-10-28(11-9-27)25(30)19-7-6-18(31-3)14-21(19)32-4/h6-7,12-14,16H,8-11,15H2,1-5H3. The van der Waals surface area contributed by atoms with Gasteiger partial charge in [-0.25, -0.2) is 0 Å². The van der Waals surface area contributed by atoms with Crippen LogP contribution >= 0.6 is 11.6 Å². The maximum absolute atomic E-state index is 13.1. The van der Waals surface area contributed by atoms with Crippen molar-refractivity contribution in [3.63, 3.8) is 0 Å². The lowest BCUT2D eigenvalue weighted by Gasteiger charge is -2.35. The number of methoxy groups -OCH3 is 3. The summed E-state index contributed by atoms with van der Waals surface area (Å²) in [5.41, 5.74) is 0.868. The summed E-state index contributed by atoms with van der Waals surface area (Å²) in [7, 11) is 4.59. The summed E-state index contributed by atoms with van der Waals surface area (Å²) in [6, 6.07) is 8.33. The first kappa shape index (κ1) is 25.5. The molecule has 2 amide bonds. The fourth-order valence-corrected chi connectivity index (χ4v) is 3.94. The van der Waals surface area contributed by atoms with E-state index in [1.165, 1.54) is 14.2 Å². The van der Waals surface area contributed by atoms with Crippen LogP contribution < -0.4 is 18.9 Å². The van der Waals surface area contributed by atoms with Crippen molar-refractivity contribution in [2.75, 3.05) is 54.1 Å². The fourth-order valence-electron chi connectivity index (χ4n) is 3.67. The third kappa shape index (κ3) is 5.67. The van der Waals surface area contributed by atoms with Gasteiger partial charge in [0.05, 0.1) is 38.5 Å². The number of amides is 2. The summed E-state index contributed by atoms with van der Waals surface area (Å²) in [5.74, 6) is 1.89. The molecule has 0 spiro atoms. The van der Waals surface area contributed by atoms with E-state index in [1.54, 1.807) is 47.2 Å². The number of carbonyl (C=O) groups excluding carboxylic acids is 2. The Labute approximate surface area is 205 Å². The van der Waals surface area contributed by atoms with Gasteiger partial charge >= 0.3 is 0 Å². The predicted molar refractivity (Wildman–Crippen MR) is 130 cm³/mol. The Morgan fingerprint density at radius 1 is 0.882 bits per heavy atom. The molecule has 0 atom stereocenters. The molecule has 1 heterocycles. The highest BCUT2D eigenvalue weighted by Gasteiger charge is 2.28. The number of carbonyl (C=O) groups is 2. The fraction of sp³-hybridized carbons (Fsp3) is 0.440. The second kappa shape index (κ2) is 11.3. The summed E-state index contributed by atoms with van der Waals surface area (Å²) in [5, 5.41) is 0.323. The maximum atomic E-state index is 13.1. The van der Waals surface area contributed by atoms with Gasteiger partial charge in [0, 0.05) is 37.8 Å². The molecule has 1 fully saturated rings. The van der Waals surface area contributed by atoms with Gasteiger partial charge in [-0.05, 0) is 30.2 Å². The topological polar surface area (TPSA) is 77.5 Å². The molecule has 1 aliphatic heterocycles. The Bertz CT molecular complexity index is 1030. The lowest BCUT2D eigenvalue weighted by Crippen LogP contribution is -2.50. The van der Waals surface area contributed by atoms with Crippen LogP contribution in [0.1, 0.15) is 34.6 Å². The van der Waals surface area contributed by atoms with Gasteiger partial charge in [0.25, 0.3) is 11.8 Å². The average Bonchev–Trinajstić information content (AvgIpc) is 2.86. The minimum absolute atomic E-state index is 0.150. The molecule has 0 aliphatic carbocycles. The zero-order chi connectivity index (χ0) is 24.8. The first-order valence-corrected chi connectivity index (χ1v) is 11.5. The van der Waals surface area contributed by atoms with Crippen molar-refractivity contribution in [2.45, 2.75) is 13.8 Å². The molecule has 0 bridgehead atoms. The van der Waals surface area contributed by atoms with Gasteiger partial charge in [-0.15, -0.1) is 0 Å².